The van der Waals surface area contributed by atoms with Crippen LogP contribution in [0.25, 0.3) is 0 Å². The lowest BCUT2D eigenvalue weighted by molar-refractivity contribution is -0.149. The highest BCUT2D eigenvalue weighted by Crippen LogP contribution is 2.29. The highest BCUT2D eigenvalue weighted by Gasteiger charge is 2.30. The fourth-order valence-electron chi connectivity index (χ4n) is 3.26. The van der Waals surface area contributed by atoms with Crippen molar-refractivity contribution in [3.05, 3.63) is 0 Å². The SMILES string of the molecule is O=C(O)C1CCC(CNCC2CCCCC2CO)O1. The summed E-state index contributed by atoms with van der Waals surface area (Å²) in [5.74, 6) is 0.128. The standard InChI is InChI=1S/C14H25NO4/c16-9-11-4-2-1-3-10(11)7-15-8-12-5-6-13(19-12)14(17)18/h10-13,15-16H,1-9H2,(H,17,18). The molecular weight excluding hydrogens is 246 g/mol. The van der Waals surface area contributed by atoms with Crippen LogP contribution in [0.15, 0.2) is 0 Å². The van der Waals surface area contributed by atoms with Crippen LogP contribution >= 0.6 is 0 Å². The van der Waals surface area contributed by atoms with E-state index >= 15 is 0 Å². The topological polar surface area (TPSA) is 78.8 Å². The summed E-state index contributed by atoms with van der Waals surface area (Å²) in [5.41, 5.74) is 0. The number of carbonyl (C=O) groups is 1. The lowest BCUT2D eigenvalue weighted by Gasteiger charge is -2.30. The number of hydrogen-bond acceptors (Lipinski definition) is 4. The molecule has 0 spiro atoms. The van der Waals surface area contributed by atoms with Crippen LogP contribution in [0.1, 0.15) is 38.5 Å². The van der Waals surface area contributed by atoms with E-state index in [0.29, 0.717) is 18.3 Å². The van der Waals surface area contributed by atoms with E-state index in [4.69, 9.17) is 9.84 Å². The van der Waals surface area contributed by atoms with Crippen molar-refractivity contribution in [3.8, 4) is 0 Å². The summed E-state index contributed by atoms with van der Waals surface area (Å²) in [6, 6.07) is 0. The largest absolute Gasteiger partial charge is 0.479 e. The molecule has 1 saturated carbocycles. The molecule has 0 radical (unpaired) electrons. The van der Waals surface area contributed by atoms with Gasteiger partial charge in [0, 0.05) is 13.2 Å². The second-order valence-electron chi connectivity index (χ2n) is 5.81. The fraction of sp³-hybridized carbons (Fsp3) is 0.929. The van der Waals surface area contributed by atoms with Crippen molar-refractivity contribution < 1.29 is 19.7 Å². The summed E-state index contributed by atoms with van der Waals surface area (Å²) in [7, 11) is 0. The van der Waals surface area contributed by atoms with E-state index in [9.17, 15) is 9.90 Å². The Hall–Kier alpha value is -0.650. The highest BCUT2D eigenvalue weighted by molar-refractivity contribution is 5.72. The van der Waals surface area contributed by atoms with Gasteiger partial charge in [0.05, 0.1) is 6.10 Å². The Morgan fingerprint density at radius 1 is 1.11 bits per heavy atom. The maximum atomic E-state index is 10.8. The van der Waals surface area contributed by atoms with Crippen LogP contribution in [0.2, 0.25) is 0 Å². The van der Waals surface area contributed by atoms with Gasteiger partial charge in [0.15, 0.2) is 6.10 Å². The fourth-order valence-corrected chi connectivity index (χ4v) is 3.26. The zero-order chi connectivity index (χ0) is 13.7. The first-order valence-corrected chi connectivity index (χ1v) is 7.40. The molecule has 0 amide bonds. The molecule has 3 N–H and O–H groups in total. The molecule has 0 aromatic rings. The van der Waals surface area contributed by atoms with Gasteiger partial charge < -0.3 is 20.3 Å². The zero-order valence-electron chi connectivity index (χ0n) is 11.4. The van der Waals surface area contributed by atoms with Crippen molar-refractivity contribution in [2.24, 2.45) is 11.8 Å². The molecule has 1 aliphatic heterocycles. The molecule has 4 atom stereocenters. The summed E-state index contributed by atoms with van der Waals surface area (Å²) in [4.78, 5) is 10.8. The molecule has 2 aliphatic rings. The van der Waals surface area contributed by atoms with Gasteiger partial charge in [-0.1, -0.05) is 12.8 Å². The van der Waals surface area contributed by atoms with Crippen molar-refractivity contribution in [2.75, 3.05) is 19.7 Å². The number of carboxylic acid groups (broad SMARTS) is 1. The lowest BCUT2D eigenvalue weighted by atomic mass is 9.79. The van der Waals surface area contributed by atoms with Crippen molar-refractivity contribution in [3.63, 3.8) is 0 Å². The molecule has 4 unspecified atom stereocenters. The van der Waals surface area contributed by atoms with Gasteiger partial charge in [-0.2, -0.15) is 0 Å². The highest BCUT2D eigenvalue weighted by atomic mass is 16.5. The molecule has 2 fully saturated rings. The van der Waals surface area contributed by atoms with E-state index in [1.54, 1.807) is 0 Å². The van der Waals surface area contributed by atoms with Gasteiger partial charge in [0.1, 0.15) is 0 Å². The number of carboxylic acids is 1. The molecular formula is C14H25NO4. The van der Waals surface area contributed by atoms with Gasteiger partial charge >= 0.3 is 5.97 Å². The van der Waals surface area contributed by atoms with E-state index in [1.165, 1.54) is 19.3 Å². The lowest BCUT2D eigenvalue weighted by Crippen LogP contribution is -2.36. The van der Waals surface area contributed by atoms with Gasteiger partial charge in [-0.3, -0.25) is 0 Å². The second kappa shape index (κ2) is 7.22. The van der Waals surface area contributed by atoms with Crippen LogP contribution in [0.5, 0.6) is 0 Å². The average Bonchev–Trinajstić information content (AvgIpc) is 2.88. The summed E-state index contributed by atoms with van der Waals surface area (Å²) in [5, 5.41) is 21.6. The monoisotopic (exact) mass is 271 g/mol. The van der Waals surface area contributed by atoms with E-state index < -0.39 is 12.1 Å². The summed E-state index contributed by atoms with van der Waals surface area (Å²) in [6.07, 6.45) is 5.63. The van der Waals surface area contributed by atoms with Crippen LogP contribution in [-0.2, 0) is 9.53 Å². The minimum absolute atomic E-state index is 0.0252. The molecule has 2 rings (SSSR count). The first-order valence-electron chi connectivity index (χ1n) is 7.40. The Balaban J connectivity index is 1.65. The molecule has 0 aromatic carbocycles. The van der Waals surface area contributed by atoms with Gasteiger partial charge in [0.2, 0.25) is 0 Å². The first-order chi connectivity index (χ1) is 9.20. The third-order valence-electron chi connectivity index (χ3n) is 4.46. The van der Waals surface area contributed by atoms with Crippen LogP contribution in [0.4, 0.5) is 0 Å². The third-order valence-corrected chi connectivity index (χ3v) is 4.46. The van der Waals surface area contributed by atoms with E-state index in [0.717, 1.165) is 25.9 Å². The van der Waals surface area contributed by atoms with Gasteiger partial charge in [0.25, 0.3) is 0 Å². The quantitative estimate of drug-likeness (QED) is 0.672. The number of aliphatic hydroxyl groups excluding tert-OH is 1. The minimum atomic E-state index is -0.852. The van der Waals surface area contributed by atoms with Crippen molar-refractivity contribution in [2.45, 2.75) is 50.7 Å². The molecule has 0 aromatic heterocycles. The molecule has 5 nitrogen and oxygen atoms in total. The summed E-state index contributed by atoms with van der Waals surface area (Å²) in [6.45, 7) is 1.91. The Bertz CT molecular complexity index is 297. The number of ether oxygens (including phenoxy) is 1. The normalized spacial score (nSPS) is 35.4. The van der Waals surface area contributed by atoms with Crippen LogP contribution in [-0.4, -0.2) is 48.1 Å². The van der Waals surface area contributed by atoms with Crippen molar-refractivity contribution in [1.29, 1.82) is 0 Å². The summed E-state index contributed by atoms with van der Waals surface area (Å²) >= 11 is 0. The Morgan fingerprint density at radius 2 is 1.84 bits per heavy atom. The maximum absolute atomic E-state index is 10.8. The predicted molar refractivity (Wildman–Crippen MR) is 70.9 cm³/mol. The Morgan fingerprint density at radius 3 is 2.47 bits per heavy atom. The number of aliphatic carboxylic acids is 1. The number of aliphatic hydroxyl groups is 1. The van der Waals surface area contributed by atoms with Gasteiger partial charge in [-0.15, -0.1) is 0 Å². The molecule has 1 aliphatic carbocycles. The first kappa shape index (κ1) is 14.8. The van der Waals surface area contributed by atoms with E-state index in [1.807, 2.05) is 0 Å². The summed E-state index contributed by atoms with van der Waals surface area (Å²) < 4.78 is 5.45. The second-order valence-corrected chi connectivity index (χ2v) is 5.81. The molecule has 5 heteroatoms. The molecule has 110 valence electrons. The number of hydrogen-bond donors (Lipinski definition) is 3. The van der Waals surface area contributed by atoms with Crippen molar-refractivity contribution in [1.82, 2.24) is 5.32 Å². The molecule has 1 heterocycles. The Labute approximate surface area is 114 Å². The van der Waals surface area contributed by atoms with Crippen LogP contribution in [0, 0.1) is 11.8 Å². The number of nitrogens with one attached hydrogen (secondary N) is 1. The number of rotatable bonds is 6. The van der Waals surface area contributed by atoms with Crippen LogP contribution < -0.4 is 5.32 Å². The predicted octanol–water partition coefficient (Wildman–Crippen LogP) is 1.01. The molecule has 1 saturated heterocycles. The maximum Gasteiger partial charge on any atom is 0.332 e. The zero-order valence-corrected chi connectivity index (χ0v) is 11.4. The van der Waals surface area contributed by atoms with Crippen molar-refractivity contribution >= 4 is 5.97 Å². The molecule has 19 heavy (non-hydrogen) atoms. The molecule has 0 bridgehead atoms. The Kier molecular flexibility index (Phi) is 5.60. The van der Waals surface area contributed by atoms with E-state index in [-0.39, 0.29) is 12.7 Å². The van der Waals surface area contributed by atoms with E-state index in [2.05, 4.69) is 5.32 Å². The van der Waals surface area contributed by atoms with Gasteiger partial charge in [-0.05, 0) is 44.1 Å². The van der Waals surface area contributed by atoms with Gasteiger partial charge in [-0.25, -0.2) is 4.79 Å². The average molecular weight is 271 g/mol. The minimum Gasteiger partial charge on any atom is -0.479 e. The smallest absolute Gasteiger partial charge is 0.332 e. The van der Waals surface area contributed by atoms with Crippen LogP contribution in [0.3, 0.4) is 0 Å². The third kappa shape index (κ3) is 4.16.